The number of amides is 1. The third-order valence-electron chi connectivity index (χ3n) is 3.90. The number of nitrogens with one attached hydrogen (secondary N) is 1. The lowest BCUT2D eigenvalue weighted by molar-refractivity contribution is 0.102. The van der Waals surface area contributed by atoms with Gasteiger partial charge in [-0.05, 0) is 30.3 Å². The number of anilines is 2. The Labute approximate surface area is 150 Å². The van der Waals surface area contributed by atoms with Crippen molar-refractivity contribution in [3.05, 3.63) is 60.2 Å². The van der Waals surface area contributed by atoms with E-state index >= 15 is 0 Å². The molecule has 26 heavy (non-hydrogen) atoms. The number of carbonyl (C=O) groups is 1. The standard InChI is InChI=1S/C18H16N2O5S/c1-25-16-8-6-11(10-14(16)19)18(21)20-15-7-9-17(26(22,23)24)13-5-3-2-4-12(13)15/h2-10H,19H2,1H3,(H,20,21)(H,22,23,24). The van der Waals surface area contributed by atoms with E-state index in [-0.39, 0.29) is 4.90 Å². The molecule has 4 N–H and O–H groups in total. The molecular formula is C18H16N2O5S. The minimum atomic E-state index is -4.38. The van der Waals surface area contributed by atoms with Crippen molar-refractivity contribution < 1.29 is 22.5 Å². The predicted molar refractivity (Wildman–Crippen MR) is 99.1 cm³/mol. The number of nitrogens with two attached hydrogens (primary N) is 1. The Morgan fingerprint density at radius 3 is 2.38 bits per heavy atom. The first-order chi connectivity index (χ1) is 12.3. The van der Waals surface area contributed by atoms with Gasteiger partial charge in [0.15, 0.2) is 0 Å². The molecule has 0 saturated heterocycles. The number of rotatable bonds is 4. The quantitative estimate of drug-likeness (QED) is 0.479. The van der Waals surface area contributed by atoms with Crippen LogP contribution in [0.4, 0.5) is 11.4 Å². The van der Waals surface area contributed by atoms with Gasteiger partial charge < -0.3 is 15.8 Å². The lowest BCUT2D eigenvalue weighted by Gasteiger charge is -2.12. The fourth-order valence-electron chi connectivity index (χ4n) is 2.68. The average molecular weight is 372 g/mol. The van der Waals surface area contributed by atoms with Gasteiger partial charge in [0, 0.05) is 22.0 Å². The van der Waals surface area contributed by atoms with Gasteiger partial charge in [-0.15, -0.1) is 0 Å². The van der Waals surface area contributed by atoms with Crippen molar-refractivity contribution in [2.24, 2.45) is 0 Å². The molecular weight excluding hydrogens is 356 g/mol. The van der Waals surface area contributed by atoms with Gasteiger partial charge in [-0.1, -0.05) is 24.3 Å². The number of benzene rings is 3. The molecule has 0 bridgehead atoms. The van der Waals surface area contributed by atoms with E-state index in [9.17, 15) is 17.8 Å². The maximum atomic E-state index is 12.5. The van der Waals surface area contributed by atoms with Crippen LogP contribution in [0.25, 0.3) is 10.8 Å². The summed E-state index contributed by atoms with van der Waals surface area (Å²) in [5, 5.41) is 3.52. The van der Waals surface area contributed by atoms with Crippen molar-refractivity contribution in [2.45, 2.75) is 4.90 Å². The largest absolute Gasteiger partial charge is 0.495 e. The van der Waals surface area contributed by atoms with Gasteiger partial charge in [-0.3, -0.25) is 9.35 Å². The Morgan fingerprint density at radius 1 is 1.08 bits per heavy atom. The van der Waals surface area contributed by atoms with Gasteiger partial charge in [0.25, 0.3) is 16.0 Å². The molecule has 0 radical (unpaired) electrons. The molecule has 0 aliphatic heterocycles. The van der Waals surface area contributed by atoms with Crippen molar-refractivity contribution in [3.8, 4) is 5.75 Å². The zero-order valence-electron chi connectivity index (χ0n) is 13.8. The smallest absolute Gasteiger partial charge is 0.295 e. The van der Waals surface area contributed by atoms with E-state index in [4.69, 9.17) is 10.5 Å². The normalized spacial score (nSPS) is 11.3. The second-order valence-corrected chi connectivity index (χ2v) is 6.93. The summed E-state index contributed by atoms with van der Waals surface area (Å²) in [6.07, 6.45) is 0. The molecule has 3 rings (SSSR count). The van der Waals surface area contributed by atoms with E-state index in [2.05, 4.69) is 5.32 Å². The van der Waals surface area contributed by atoms with Gasteiger partial charge in [0.1, 0.15) is 10.6 Å². The van der Waals surface area contributed by atoms with Crippen LogP contribution in [0.2, 0.25) is 0 Å². The molecule has 0 aliphatic rings. The average Bonchev–Trinajstić information content (AvgIpc) is 2.60. The van der Waals surface area contributed by atoms with Crippen LogP contribution < -0.4 is 15.8 Å². The summed E-state index contributed by atoms with van der Waals surface area (Å²) < 4.78 is 37.5. The van der Waals surface area contributed by atoms with Gasteiger partial charge in [-0.25, -0.2) is 0 Å². The first kappa shape index (κ1) is 17.7. The molecule has 0 atom stereocenters. The second-order valence-electron chi connectivity index (χ2n) is 5.54. The van der Waals surface area contributed by atoms with Crippen LogP contribution in [-0.2, 0) is 10.1 Å². The minimum Gasteiger partial charge on any atom is -0.495 e. The Kier molecular flexibility index (Phi) is 4.54. The maximum Gasteiger partial charge on any atom is 0.295 e. The highest BCUT2D eigenvalue weighted by Gasteiger charge is 2.17. The first-order valence-corrected chi connectivity index (χ1v) is 8.99. The minimum absolute atomic E-state index is 0.222. The van der Waals surface area contributed by atoms with E-state index in [1.807, 2.05) is 0 Å². The van der Waals surface area contributed by atoms with Crippen LogP contribution in [0, 0.1) is 0 Å². The van der Waals surface area contributed by atoms with Crippen molar-refractivity contribution >= 4 is 38.2 Å². The monoisotopic (exact) mass is 372 g/mol. The Balaban J connectivity index is 2.02. The zero-order chi connectivity index (χ0) is 18.9. The van der Waals surface area contributed by atoms with Crippen molar-refractivity contribution in [3.63, 3.8) is 0 Å². The van der Waals surface area contributed by atoms with Gasteiger partial charge in [0.05, 0.1) is 12.8 Å². The van der Waals surface area contributed by atoms with Gasteiger partial charge >= 0.3 is 0 Å². The second kappa shape index (κ2) is 6.66. The predicted octanol–water partition coefficient (Wildman–Crippen LogP) is 2.93. The van der Waals surface area contributed by atoms with E-state index in [0.29, 0.717) is 33.5 Å². The molecule has 7 nitrogen and oxygen atoms in total. The summed E-state index contributed by atoms with van der Waals surface area (Å²) >= 11 is 0. The number of ether oxygens (including phenoxy) is 1. The van der Waals surface area contributed by atoms with Gasteiger partial charge in [0.2, 0.25) is 0 Å². The first-order valence-electron chi connectivity index (χ1n) is 7.55. The third-order valence-corrected chi connectivity index (χ3v) is 4.81. The molecule has 1 amide bonds. The number of hydrogen-bond acceptors (Lipinski definition) is 5. The number of carbonyl (C=O) groups excluding carboxylic acids is 1. The topological polar surface area (TPSA) is 119 Å². The van der Waals surface area contributed by atoms with Crippen LogP contribution in [0.5, 0.6) is 5.75 Å². The molecule has 0 fully saturated rings. The van der Waals surface area contributed by atoms with Crippen molar-refractivity contribution in [2.75, 3.05) is 18.2 Å². The van der Waals surface area contributed by atoms with E-state index in [1.165, 1.54) is 25.3 Å². The van der Waals surface area contributed by atoms with Crippen LogP contribution in [0.3, 0.4) is 0 Å². The molecule has 0 heterocycles. The fourth-order valence-corrected chi connectivity index (χ4v) is 3.37. The SMILES string of the molecule is COc1ccc(C(=O)Nc2ccc(S(=O)(=O)O)c3ccccc23)cc1N. The highest BCUT2D eigenvalue weighted by Crippen LogP contribution is 2.30. The molecule has 134 valence electrons. The summed E-state index contributed by atoms with van der Waals surface area (Å²) in [7, 11) is -2.90. The summed E-state index contributed by atoms with van der Waals surface area (Å²) in [5.74, 6) is 0.0496. The van der Waals surface area contributed by atoms with E-state index < -0.39 is 16.0 Å². The zero-order valence-corrected chi connectivity index (χ0v) is 14.6. The number of methoxy groups -OCH3 is 1. The fraction of sp³-hybridized carbons (Fsp3) is 0.0556. The molecule has 0 saturated carbocycles. The Hall–Kier alpha value is -3.10. The molecule has 0 aromatic heterocycles. The lowest BCUT2D eigenvalue weighted by Crippen LogP contribution is -2.13. The van der Waals surface area contributed by atoms with Gasteiger partial charge in [-0.2, -0.15) is 8.42 Å². The molecule has 0 spiro atoms. The summed E-state index contributed by atoms with van der Waals surface area (Å²) in [5.41, 5.74) is 6.88. The van der Waals surface area contributed by atoms with Crippen LogP contribution in [-0.4, -0.2) is 26.0 Å². The maximum absolute atomic E-state index is 12.5. The number of fused-ring (bicyclic) bond motifs is 1. The summed E-state index contributed by atoms with van der Waals surface area (Å²) in [6.45, 7) is 0. The number of nitrogen functional groups attached to an aromatic ring is 1. The van der Waals surface area contributed by atoms with Crippen LogP contribution in [0.1, 0.15) is 10.4 Å². The highest BCUT2D eigenvalue weighted by atomic mass is 32.2. The summed E-state index contributed by atoms with van der Waals surface area (Å²) in [4.78, 5) is 12.3. The van der Waals surface area contributed by atoms with E-state index in [0.717, 1.165) is 0 Å². The third kappa shape index (κ3) is 3.32. The molecule has 8 heteroatoms. The Bertz CT molecular complexity index is 1110. The van der Waals surface area contributed by atoms with Crippen molar-refractivity contribution in [1.82, 2.24) is 0 Å². The lowest BCUT2D eigenvalue weighted by atomic mass is 10.1. The van der Waals surface area contributed by atoms with E-state index in [1.54, 1.807) is 36.4 Å². The molecule has 3 aromatic rings. The van der Waals surface area contributed by atoms with Crippen molar-refractivity contribution in [1.29, 1.82) is 0 Å². The molecule has 3 aromatic carbocycles. The highest BCUT2D eigenvalue weighted by molar-refractivity contribution is 7.86. The molecule has 0 aliphatic carbocycles. The van der Waals surface area contributed by atoms with Crippen LogP contribution >= 0.6 is 0 Å². The number of hydrogen-bond donors (Lipinski definition) is 3. The van der Waals surface area contributed by atoms with Crippen LogP contribution in [0.15, 0.2) is 59.5 Å². The molecule has 0 unspecified atom stereocenters. The summed E-state index contributed by atoms with van der Waals surface area (Å²) in [6, 6.07) is 13.9. The Morgan fingerprint density at radius 2 is 1.77 bits per heavy atom.